The molecule has 0 unspecified atom stereocenters. The molecule has 1 aliphatic carbocycles. The highest BCUT2D eigenvalue weighted by Gasteiger charge is 2.27. The fourth-order valence-electron chi connectivity index (χ4n) is 2.53. The molecular weight excluding hydrogens is 258 g/mol. The van der Waals surface area contributed by atoms with Crippen molar-refractivity contribution in [3.05, 3.63) is 46.5 Å². The van der Waals surface area contributed by atoms with E-state index in [1.165, 1.54) is 16.9 Å². The van der Waals surface area contributed by atoms with Crippen LogP contribution in [-0.4, -0.2) is 10.9 Å². The second-order valence-electron chi connectivity index (χ2n) is 4.68. The maximum atomic E-state index is 12.2. The van der Waals surface area contributed by atoms with Gasteiger partial charge in [0.2, 0.25) is 5.91 Å². The van der Waals surface area contributed by atoms with Crippen molar-refractivity contribution in [3.8, 4) is 0 Å². The number of hydrogen-bond donors (Lipinski definition) is 2. The minimum Gasteiger partial charge on any atom is -0.375 e. The van der Waals surface area contributed by atoms with Crippen LogP contribution in [0.15, 0.2) is 29.6 Å². The van der Waals surface area contributed by atoms with Crippen molar-refractivity contribution in [2.24, 2.45) is 0 Å². The van der Waals surface area contributed by atoms with E-state index < -0.39 is 0 Å². The van der Waals surface area contributed by atoms with E-state index in [0.717, 1.165) is 24.1 Å². The molecule has 2 aromatic rings. The Morgan fingerprint density at radius 2 is 2.32 bits per heavy atom. The molecule has 0 bridgehead atoms. The van der Waals surface area contributed by atoms with Crippen LogP contribution >= 0.6 is 11.3 Å². The molecule has 3 N–H and O–H groups in total. The molecule has 0 aliphatic heterocycles. The number of anilines is 1. The number of amides is 1. The molecule has 1 atom stereocenters. The van der Waals surface area contributed by atoms with Crippen LogP contribution in [0.3, 0.4) is 0 Å². The predicted molar refractivity (Wildman–Crippen MR) is 75.9 cm³/mol. The zero-order valence-electron chi connectivity index (χ0n) is 10.4. The van der Waals surface area contributed by atoms with Crippen LogP contribution in [-0.2, 0) is 17.8 Å². The predicted octanol–water partition coefficient (Wildman–Crippen LogP) is 2.07. The Morgan fingerprint density at radius 1 is 1.47 bits per heavy atom. The van der Waals surface area contributed by atoms with E-state index in [1.807, 2.05) is 23.6 Å². The van der Waals surface area contributed by atoms with Crippen LogP contribution in [0.25, 0.3) is 0 Å². The van der Waals surface area contributed by atoms with Gasteiger partial charge in [-0.3, -0.25) is 4.79 Å². The monoisotopic (exact) mass is 273 g/mol. The molecular formula is C14H15N3OS. The number of aromatic nitrogens is 1. The lowest BCUT2D eigenvalue weighted by Crippen LogP contribution is -2.28. The second-order valence-corrected chi connectivity index (χ2v) is 5.57. The van der Waals surface area contributed by atoms with Crippen molar-refractivity contribution in [2.75, 3.05) is 5.73 Å². The average molecular weight is 273 g/mol. The van der Waals surface area contributed by atoms with Gasteiger partial charge in [0.25, 0.3) is 0 Å². The van der Waals surface area contributed by atoms with Gasteiger partial charge in [0.1, 0.15) is 0 Å². The Bertz CT molecular complexity index is 608. The van der Waals surface area contributed by atoms with E-state index in [9.17, 15) is 4.79 Å². The number of benzene rings is 1. The van der Waals surface area contributed by atoms with Gasteiger partial charge in [-0.2, -0.15) is 0 Å². The van der Waals surface area contributed by atoms with Crippen molar-refractivity contribution in [2.45, 2.75) is 25.3 Å². The van der Waals surface area contributed by atoms with Crippen LogP contribution in [0.1, 0.15) is 29.2 Å². The lowest BCUT2D eigenvalue weighted by atomic mass is 10.0. The van der Waals surface area contributed by atoms with Crippen molar-refractivity contribution in [3.63, 3.8) is 0 Å². The quantitative estimate of drug-likeness (QED) is 0.899. The third kappa shape index (κ3) is 2.46. The summed E-state index contributed by atoms with van der Waals surface area (Å²) in [5.41, 5.74) is 8.84. The molecule has 0 saturated carbocycles. The molecule has 4 nitrogen and oxygen atoms in total. The van der Waals surface area contributed by atoms with Gasteiger partial charge in [0.05, 0.1) is 18.2 Å². The lowest BCUT2D eigenvalue weighted by molar-refractivity contribution is -0.122. The standard InChI is InChI=1S/C14H15N3OS/c15-14-17-10(8-19-14)7-16-13(18)12-6-5-9-3-1-2-4-11(9)12/h1-4,8,12H,5-7H2,(H2,15,17)(H,16,18)/t12-/m1/s1. The van der Waals surface area contributed by atoms with E-state index in [4.69, 9.17) is 5.73 Å². The van der Waals surface area contributed by atoms with E-state index >= 15 is 0 Å². The fraction of sp³-hybridized carbons (Fsp3) is 0.286. The third-order valence-electron chi connectivity index (χ3n) is 3.46. The van der Waals surface area contributed by atoms with E-state index in [1.54, 1.807) is 0 Å². The fourth-order valence-corrected chi connectivity index (χ4v) is 3.10. The normalized spacial score (nSPS) is 17.2. The van der Waals surface area contributed by atoms with Gasteiger partial charge in [-0.1, -0.05) is 24.3 Å². The number of rotatable bonds is 3. The van der Waals surface area contributed by atoms with Gasteiger partial charge in [0, 0.05) is 5.38 Å². The maximum absolute atomic E-state index is 12.2. The van der Waals surface area contributed by atoms with Gasteiger partial charge in [-0.05, 0) is 24.0 Å². The van der Waals surface area contributed by atoms with E-state index in [-0.39, 0.29) is 11.8 Å². The number of nitrogens with one attached hydrogen (secondary N) is 1. The summed E-state index contributed by atoms with van der Waals surface area (Å²) in [6.45, 7) is 0.450. The van der Waals surface area contributed by atoms with E-state index in [0.29, 0.717) is 11.7 Å². The van der Waals surface area contributed by atoms with Crippen LogP contribution in [0.4, 0.5) is 5.13 Å². The molecule has 98 valence electrons. The zero-order valence-corrected chi connectivity index (χ0v) is 11.2. The molecule has 1 aliphatic rings. The Hall–Kier alpha value is -1.88. The molecule has 3 rings (SSSR count). The first kappa shape index (κ1) is 12.2. The molecule has 19 heavy (non-hydrogen) atoms. The summed E-state index contributed by atoms with van der Waals surface area (Å²) >= 11 is 1.39. The molecule has 5 heteroatoms. The number of fused-ring (bicyclic) bond motifs is 1. The van der Waals surface area contributed by atoms with Gasteiger partial charge in [-0.15, -0.1) is 11.3 Å². The SMILES string of the molecule is Nc1nc(CNC(=O)[C@@H]2CCc3ccccc32)cs1. The highest BCUT2D eigenvalue weighted by atomic mass is 32.1. The van der Waals surface area contributed by atoms with Crippen molar-refractivity contribution in [1.29, 1.82) is 0 Å². The van der Waals surface area contributed by atoms with Crippen LogP contribution in [0.5, 0.6) is 0 Å². The summed E-state index contributed by atoms with van der Waals surface area (Å²) < 4.78 is 0. The topological polar surface area (TPSA) is 68.0 Å². The Labute approximate surface area is 115 Å². The minimum absolute atomic E-state index is 0.0211. The van der Waals surface area contributed by atoms with Crippen LogP contribution < -0.4 is 11.1 Å². The number of hydrogen-bond acceptors (Lipinski definition) is 4. The Morgan fingerprint density at radius 3 is 3.11 bits per heavy atom. The lowest BCUT2D eigenvalue weighted by Gasteiger charge is -2.11. The van der Waals surface area contributed by atoms with Gasteiger partial charge >= 0.3 is 0 Å². The molecule has 1 heterocycles. The smallest absolute Gasteiger partial charge is 0.227 e. The summed E-state index contributed by atoms with van der Waals surface area (Å²) in [7, 11) is 0. The molecule has 0 radical (unpaired) electrons. The number of nitrogen functional groups attached to an aromatic ring is 1. The van der Waals surface area contributed by atoms with Gasteiger partial charge in [0.15, 0.2) is 5.13 Å². The van der Waals surface area contributed by atoms with Crippen LogP contribution in [0, 0.1) is 0 Å². The van der Waals surface area contributed by atoms with E-state index in [2.05, 4.69) is 16.4 Å². The Balaban J connectivity index is 1.66. The van der Waals surface area contributed by atoms with Gasteiger partial charge < -0.3 is 11.1 Å². The second kappa shape index (κ2) is 5.01. The first-order chi connectivity index (χ1) is 9.24. The molecule has 1 amide bonds. The number of carbonyl (C=O) groups is 1. The van der Waals surface area contributed by atoms with Crippen molar-refractivity contribution >= 4 is 22.4 Å². The molecule has 1 aromatic heterocycles. The number of nitrogens with two attached hydrogens (primary N) is 1. The first-order valence-corrected chi connectivity index (χ1v) is 7.17. The zero-order chi connectivity index (χ0) is 13.2. The third-order valence-corrected chi connectivity index (χ3v) is 4.19. The summed E-state index contributed by atoms with van der Waals surface area (Å²) in [6, 6.07) is 8.17. The van der Waals surface area contributed by atoms with Crippen LogP contribution in [0.2, 0.25) is 0 Å². The largest absolute Gasteiger partial charge is 0.375 e. The van der Waals surface area contributed by atoms with Crippen molar-refractivity contribution < 1.29 is 4.79 Å². The number of thiazole rings is 1. The molecule has 0 spiro atoms. The van der Waals surface area contributed by atoms with Crippen molar-refractivity contribution in [1.82, 2.24) is 10.3 Å². The summed E-state index contributed by atoms with van der Waals surface area (Å²) in [6.07, 6.45) is 1.88. The van der Waals surface area contributed by atoms with Gasteiger partial charge in [-0.25, -0.2) is 4.98 Å². The maximum Gasteiger partial charge on any atom is 0.227 e. The highest BCUT2D eigenvalue weighted by Crippen LogP contribution is 2.32. The highest BCUT2D eigenvalue weighted by molar-refractivity contribution is 7.13. The Kier molecular flexibility index (Phi) is 3.21. The summed E-state index contributed by atoms with van der Waals surface area (Å²) in [5.74, 6) is 0.0590. The minimum atomic E-state index is -0.0211. The molecule has 0 saturated heterocycles. The molecule has 1 aromatic carbocycles. The summed E-state index contributed by atoms with van der Waals surface area (Å²) in [4.78, 5) is 16.4. The number of carbonyl (C=O) groups excluding carboxylic acids is 1. The first-order valence-electron chi connectivity index (χ1n) is 6.29. The molecule has 0 fully saturated rings. The summed E-state index contributed by atoms with van der Waals surface area (Å²) in [5, 5.41) is 5.36. The number of nitrogens with zero attached hydrogens (tertiary/aromatic N) is 1. The number of aryl methyl sites for hydroxylation is 1. The average Bonchev–Trinajstić information content (AvgIpc) is 3.02.